The van der Waals surface area contributed by atoms with Crippen molar-refractivity contribution < 1.29 is 18.7 Å². The molecular weight excluding hydrogens is 260 g/mol. The van der Waals surface area contributed by atoms with Crippen LogP contribution in [0, 0.1) is 5.92 Å². The molecule has 1 N–H and O–H groups in total. The normalized spacial score (nSPS) is 31.9. The molecule has 4 unspecified atom stereocenters. The summed E-state index contributed by atoms with van der Waals surface area (Å²) in [6.45, 7) is 7.51. The second kappa shape index (κ2) is 6.67. The topological polar surface area (TPSA) is 51.2 Å². The van der Waals surface area contributed by atoms with Crippen LogP contribution in [-0.2, 0) is 13.6 Å². The molecular formula is C14H28O4Si. The van der Waals surface area contributed by atoms with Crippen LogP contribution in [0.1, 0.15) is 39.5 Å². The number of hydrogen-bond donors (Lipinski definition) is 1. The van der Waals surface area contributed by atoms with E-state index < -0.39 is 8.56 Å². The molecule has 1 saturated carbocycles. The third-order valence-electron chi connectivity index (χ3n) is 4.38. The van der Waals surface area contributed by atoms with Crippen LogP contribution in [0.2, 0.25) is 12.6 Å². The summed E-state index contributed by atoms with van der Waals surface area (Å²) in [5.74, 6) is 0.408. The Kier molecular flexibility index (Phi) is 5.43. The van der Waals surface area contributed by atoms with Gasteiger partial charge < -0.3 is 18.7 Å². The summed E-state index contributed by atoms with van der Waals surface area (Å²) in [5.41, 5.74) is 0. The summed E-state index contributed by atoms with van der Waals surface area (Å²) in [4.78, 5) is 0. The highest BCUT2D eigenvalue weighted by molar-refractivity contribution is 6.66. The first-order valence-corrected chi connectivity index (χ1v) is 10.2. The first-order valence-electron chi connectivity index (χ1n) is 7.69. The van der Waals surface area contributed by atoms with Crippen molar-refractivity contribution in [3.05, 3.63) is 0 Å². The Balaban J connectivity index is 1.75. The molecule has 0 aromatic heterocycles. The molecule has 4 atom stereocenters. The van der Waals surface area contributed by atoms with Crippen LogP contribution in [-0.4, -0.2) is 45.2 Å². The second-order valence-electron chi connectivity index (χ2n) is 5.89. The van der Waals surface area contributed by atoms with E-state index in [2.05, 4.69) is 6.55 Å². The number of epoxide rings is 1. The number of aliphatic hydroxyl groups is 1. The van der Waals surface area contributed by atoms with Gasteiger partial charge in [-0.3, -0.25) is 0 Å². The maximum atomic E-state index is 10.4. The molecule has 2 fully saturated rings. The largest absolute Gasteiger partial charge is 0.395 e. The zero-order valence-electron chi connectivity index (χ0n) is 12.4. The van der Waals surface area contributed by atoms with E-state index in [0.717, 1.165) is 31.7 Å². The van der Waals surface area contributed by atoms with Crippen molar-refractivity contribution in [3.63, 3.8) is 0 Å². The van der Waals surface area contributed by atoms with Gasteiger partial charge in [-0.2, -0.15) is 0 Å². The Hall–Kier alpha value is 0.0569. The lowest BCUT2D eigenvalue weighted by molar-refractivity contribution is 0.0810. The number of aliphatic hydroxyl groups excluding tert-OH is 1. The minimum absolute atomic E-state index is 0.224. The highest BCUT2D eigenvalue weighted by Gasteiger charge is 2.45. The molecule has 112 valence electrons. The molecule has 1 saturated heterocycles. The quantitative estimate of drug-likeness (QED) is 0.550. The van der Waals surface area contributed by atoms with Crippen molar-refractivity contribution in [3.8, 4) is 0 Å². The Bertz CT molecular complexity index is 281. The molecule has 0 spiro atoms. The average Bonchev–Trinajstić information content (AvgIpc) is 3.14. The molecule has 0 amide bonds. The number of fused-ring (bicyclic) bond motifs is 1. The van der Waals surface area contributed by atoms with Gasteiger partial charge in [0.15, 0.2) is 0 Å². The molecule has 1 aliphatic carbocycles. The third-order valence-corrected chi connectivity index (χ3v) is 7.38. The van der Waals surface area contributed by atoms with Gasteiger partial charge >= 0.3 is 8.56 Å². The summed E-state index contributed by atoms with van der Waals surface area (Å²) in [6, 6.07) is 0.876. The van der Waals surface area contributed by atoms with Gasteiger partial charge in [-0.05, 0) is 58.0 Å². The Labute approximate surface area is 117 Å². The zero-order valence-corrected chi connectivity index (χ0v) is 13.4. The van der Waals surface area contributed by atoms with Gasteiger partial charge in [0.05, 0.1) is 18.3 Å². The van der Waals surface area contributed by atoms with Gasteiger partial charge in [-0.15, -0.1) is 0 Å². The molecule has 0 bridgehead atoms. The van der Waals surface area contributed by atoms with Crippen LogP contribution in [0.25, 0.3) is 0 Å². The molecule has 0 aromatic carbocycles. The van der Waals surface area contributed by atoms with E-state index in [1.807, 2.05) is 13.8 Å². The van der Waals surface area contributed by atoms with Crippen LogP contribution in [0.5, 0.6) is 0 Å². The van der Waals surface area contributed by atoms with Crippen molar-refractivity contribution in [2.45, 2.75) is 70.4 Å². The fourth-order valence-corrected chi connectivity index (χ4v) is 5.64. The van der Waals surface area contributed by atoms with E-state index in [1.165, 1.54) is 0 Å². The summed E-state index contributed by atoms with van der Waals surface area (Å²) in [6.07, 6.45) is 4.78. The van der Waals surface area contributed by atoms with Crippen LogP contribution in [0.3, 0.4) is 0 Å². The SMILES string of the molecule is CCO[Si](C)(CCC(O)C1CCC2OC2C1)OCC. The molecule has 1 aliphatic heterocycles. The number of rotatable bonds is 8. The summed E-state index contributed by atoms with van der Waals surface area (Å²) >= 11 is 0. The summed E-state index contributed by atoms with van der Waals surface area (Å²) in [5, 5.41) is 10.4. The predicted octanol–water partition coefficient (Wildman–Crippen LogP) is 2.45. The van der Waals surface area contributed by atoms with Crippen LogP contribution in [0.15, 0.2) is 0 Å². The molecule has 0 aromatic rings. The van der Waals surface area contributed by atoms with Gasteiger partial charge in [0, 0.05) is 13.2 Å². The van der Waals surface area contributed by atoms with Gasteiger partial charge in [-0.1, -0.05) is 0 Å². The average molecular weight is 288 g/mol. The van der Waals surface area contributed by atoms with E-state index >= 15 is 0 Å². The fraction of sp³-hybridized carbons (Fsp3) is 1.00. The van der Waals surface area contributed by atoms with Crippen molar-refractivity contribution in [2.24, 2.45) is 5.92 Å². The van der Waals surface area contributed by atoms with Gasteiger partial charge in [0.25, 0.3) is 0 Å². The highest BCUT2D eigenvalue weighted by Crippen LogP contribution is 2.41. The first-order chi connectivity index (χ1) is 9.08. The predicted molar refractivity (Wildman–Crippen MR) is 76.3 cm³/mol. The third kappa shape index (κ3) is 4.26. The van der Waals surface area contributed by atoms with Gasteiger partial charge in [0.1, 0.15) is 0 Å². The Morgan fingerprint density at radius 1 is 1.21 bits per heavy atom. The van der Waals surface area contributed by atoms with Gasteiger partial charge in [0.2, 0.25) is 0 Å². The Morgan fingerprint density at radius 2 is 1.89 bits per heavy atom. The van der Waals surface area contributed by atoms with E-state index in [1.54, 1.807) is 0 Å². The lowest BCUT2D eigenvalue weighted by atomic mass is 9.84. The maximum absolute atomic E-state index is 10.4. The standard InChI is InChI=1S/C14H28O4Si/c1-4-16-19(3,17-5-2)9-8-12(15)11-6-7-13-14(10-11)18-13/h11-15H,4-10H2,1-3H3. The Morgan fingerprint density at radius 3 is 2.47 bits per heavy atom. The molecule has 1 heterocycles. The lowest BCUT2D eigenvalue weighted by Gasteiger charge is -2.29. The number of ether oxygens (including phenoxy) is 1. The van der Waals surface area contributed by atoms with E-state index in [9.17, 15) is 5.11 Å². The highest BCUT2D eigenvalue weighted by atomic mass is 28.4. The monoisotopic (exact) mass is 288 g/mol. The lowest BCUT2D eigenvalue weighted by Crippen LogP contribution is -2.40. The zero-order chi connectivity index (χ0) is 13.9. The van der Waals surface area contributed by atoms with Crippen LogP contribution < -0.4 is 0 Å². The summed E-state index contributed by atoms with van der Waals surface area (Å²) < 4.78 is 17.2. The molecule has 2 rings (SSSR count). The van der Waals surface area contributed by atoms with E-state index in [-0.39, 0.29) is 6.10 Å². The van der Waals surface area contributed by atoms with Crippen LogP contribution in [0.4, 0.5) is 0 Å². The van der Waals surface area contributed by atoms with Crippen molar-refractivity contribution in [2.75, 3.05) is 13.2 Å². The number of hydrogen-bond acceptors (Lipinski definition) is 4. The molecule has 19 heavy (non-hydrogen) atoms. The minimum Gasteiger partial charge on any atom is -0.395 e. The molecule has 5 heteroatoms. The van der Waals surface area contributed by atoms with Gasteiger partial charge in [-0.25, -0.2) is 0 Å². The van der Waals surface area contributed by atoms with E-state index in [0.29, 0.717) is 31.3 Å². The molecule has 2 aliphatic rings. The smallest absolute Gasteiger partial charge is 0.335 e. The van der Waals surface area contributed by atoms with Crippen LogP contribution >= 0.6 is 0 Å². The van der Waals surface area contributed by atoms with Crippen molar-refractivity contribution >= 4 is 8.56 Å². The molecule has 0 radical (unpaired) electrons. The van der Waals surface area contributed by atoms with Crippen molar-refractivity contribution in [1.82, 2.24) is 0 Å². The first kappa shape index (κ1) is 15.4. The maximum Gasteiger partial charge on any atom is 0.335 e. The minimum atomic E-state index is -2.07. The second-order valence-corrected chi connectivity index (χ2v) is 9.24. The fourth-order valence-electron chi connectivity index (χ4n) is 3.23. The summed E-state index contributed by atoms with van der Waals surface area (Å²) in [7, 11) is -2.07. The van der Waals surface area contributed by atoms with E-state index in [4.69, 9.17) is 13.6 Å². The van der Waals surface area contributed by atoms with Crippen molar-refractivity contribution in [1.29, 1.82) is 0 Å². The molecule has 4 nitrogen and oxygen atoms in total.